The molecule has 0 saturated heterocycles. The van der Waals surface area contributed by atoms with Crippen LogP contribution in [-0.4, -0.2) is 46.3 Å². The summed E-state index contributed by atoms with van der Waals surface area (Å²) in [5.41, 5.74) is 9.79. The first-order chi connectivity index (χ1) is 15.0. The van der Waals surface area contributed by atoms with E-state index in [0.29, 0.717) is 43.4 Å². The van der Waals surface area contributed by atoms with Crippen LogP contribution in [0.2, 0.25) is 5.02 Å². The zero-order chi connectivity index (χ0) is 22.2. The lowest BCUT2D eigenvalue weighted by Gasteiger charge is -2.22. The molecule has 7 nitrogen and oxygen atoms in total. The second-order valence-electron chi connectivity index (χ2n) is 7.81. The van der Waals surface area contributed by atoms with Crippen molar-refractivity contribution in [1.29, 1.82) is 0 Å². The van der Waals surface area contributed by atoms with Crippen molar-refractivity contribution < 1.29 is 9.84 Å². The summed E-state index contributed by atoms with van der Waals surface area (Å²) in [5.74, 6) is 6.61. The van der Waals surface area contributed by atoms with Crippen molar-refractivity contribution in [3.05, 3.63) is 70.3 Å². The molecule has 3 rings (SSSR count). The van der Waals surface area contributed by atoms with E-state index in [0.717, 1.165) is 35.5 Å². The highest BCUT2D eigenvalue weighted by Gasteiger charge is 2.19. The van der Waals surface area contributed by atoms with Crippen LogP contribution in [0, 0.1) is 0 Å². The maximum atomic E-state index is 9.98. The Morgan fingerprint density at radius 3 is 3.03 bits per heavy atom. The molecule has 168 valence electrons. The second-order valence-corrected chi connectivity index (χ2v) is 8.22. The number of hydrazine groups is 1. The molecular weight excluding hydrogens is 414 g/mol. The number of aliphatic hydroxyl groups excluding tert-OH is 1. The normalized spacial score (nSPS) is 15.7. The number of hydrogen-bond acceptors (Lipinski definition) is 7. The molecule has 1 atom stereocenters. The van der Waals surface area contributed by atoms with Crippen molar-refractivity contribution in [2.45, 2.75) is 38.8 Å². The number of aliphatic hydroxyl groups is 1. The van der Waals surface area contributed by atoms with Crippen LogP contribution in [0.4, 0.5) is 0 Å². The molecule has 0 fully saturated rings. The first-order valence-corrected chi connectivity index (χ1v) is 11.0. The summed E-state index contributed by atoms with van der Waals surface area (Å²) in [6, 6.07) is 9.83. The van der Waals surface area contributed by atoms with Gasteiger partial charge in [-0.2, -0.15) is 0 Å². The van der Waals surface area contributed by atoms with Gasteiger partial charge in [-0.25, -0.2) is 5.84 Å². The average molecular weight is 446 g/mol. The largest absolute Gasteiger partial charge is 0.490 e. The summed E-state index contributed by atoms with van der Waals surface area (Å²) in [6.07, 6.45) is 4.92. The Balaban J connectivity index is 1.69. The molecule has 2 heterocycles. The van der Waals surface area contributed by atoms with E-state index >= 15 is 0 Å². The van der Waals surface area contributed by atoms with E-state index in [1.54, 1.807) is 17.4 Å². The highest BCUT2D eigenvalue weighted by Crippen LogP contribution is 2.28. The fourth-order valence-corrected chi connectivity index (χ4v) is 3.85. The van der Waals surface area contributed by atoms with Gasteiger partial charge in [-0.15, -0.1) is 0 Å². The lowest BCUT2D eigenvalue weighted by atomic mass is 9.93. The minimum atomic E-state index is -0.0225. The molecule has 8 heteroatoms. The fourth-order valence-electron chi connectivity index (χ4n) is 3.67. The van der Waals surface area contributed by atoms with E-state index in [-0.39, 0.29) is 12.5 Å². The van der Waals surface area contributed by atoms with E-state index in [1.807, 2.05) is 31.2 Å². The van der Waals surface area contributed by atoms with E-state index < -0.39 is 0 Å². The van der Waals surface area contributed by atoms with Crippen LogP contribution < -0.4 is 16.3 Å². The topological polar surface area (TPSA) is 101 Å². The van der Waals surface area contributed by atoms with Crippen LogP contribution in [-0.2, 0) is 13.1 Å². The third kappa shape index (κ3) is 6.58. The summed E-state index contributed by atoms with van der Waals surface area (Å²) in [7, 11) is 0. The van der Waals surface area contributed by atoms with Gasteiger partial charge < -0.3 is 20.6 Å². The van der Waals surface area contributed by atoms with Gasteiger partial charge in [0, 0.05) is 61.8 Å². The van der Waals surface area contributed by atoms with Crippen molar-refractivity contribution in [1.82, 2.24) is 14.9 Å². The molecule has 1 aromatic heterocycles. The smallest absolute Gasteiger partial charge is 0.142 e. The number of allylic oxidation sites excluding steroid dienone is 1. The molecule has 1 aromatic carbocycles. The van der Waals surface area contributed by atoms with E-state index in [2.05, 4.69) is 16.0 Å². The van der Waals surface area contributed by atoms with Crippen LogP contribution in [0.5, 0.6) is 5.75 Å². The van der Waals surface area contributed by atoms with Crippen molar-refractivity contribution in [2.24, 2.45) is 11.6 Å². The minimum Gasteiger partial charge on any atom is -0.490 e. The number of hydrogen-bond donors (Lipinski definition) is 3. The molecule has 0 spiro atoms. The number of nitrogens with zero attached hydrogens (tertiary/aromatic N) is 3. The van der Waals surface area contributed by atoms with Crippen LogP contribution in [0.25, 0.3) is 0 Å². The van der Waals surface area contributed by atoms with Crippen LogP contribution in [0.15, 0.2) is 48.4 Å². The van der Waals surface area contributed by atoms with Gasteiger partial charge in [-0.3, -0.25) is 9.88 Å². The molecular formula is C23H32ClN5O2. The maximum Gasteiger partial charge on any atom is 0.142 e. The monoisotopic (exact) mass is 445 g/mol. The summed E-state index contributed by atoms with van der Waals surface area (Å²) in [4.78, 5) is 6.73. The summed E-state index contributed by atoms with van der Waals surface area (Å²) >= 11 is 6.52. The summed E-state index contributed by atoms with van der Waals surface area (Å²) < 4.78 is 5.82. The number of benzene rings is 1. The molecule has 31 heavy (non-hydrogen) atoms. The van der Waals surface area contributed by atoms with E-state index in [9.17, 15) is 5.11 Å². The molecule has 0 saturated carbocycles. The molecule has 0 bridgehead atoms. The Morgan fingerprint density at radius 1 is 1.42 bits per heavy atom. The molecule has 0 radical (unpaired) electrons. The number of halogens is 1. The highest BCUT2D eigenvalue weighted by molar-refractivity contribution is 6.31. The van der Waals surface area contributed by atoms with E-state index in [4.69, 9.17) is 27.9 Å². The number of rotatable bonds is 9. The Kier molecular flexibility index (Phi) is 8.54. The zero-order valence-corrected chi connectivity index (χ0v) is 18.8. The Bertz CT molecular complexity index is 892. The van der Waals surface area contributed by atoms with Gasteiger partial charge in [0.1, 0.15) is 12.4 Å². The molecule has 5 N–H and O–H groups in total. The van der Waals surface area contributed by atoms with Crippen LogP contribution in [0.3, 0.4) is 0 Å². The van der Waals surface area contributed by atoms with Gasteiger partial charge >= 0.3 is 0 Å². The zero-order valence-electron chi connectivity index (χ0n) is 18.0. The number of ether oxygens (including phenoxy) is 1. The SMILES string of the molecule is CCN(N)/C=C(\N)CCC(CO)c1ccc(Cl)c(CN2CCOc3cccnc3C2)c1. The number of pyridine rings is 1. The van der Waals surface area contributed by atoms with Crippen molar-refractivity contribution in [3.63, 3.8) is 0 Å². The Hall–Kier alpha value is -2.32. The minimum absolute atomic E-state index is 0.0225. The van der Waals surface area contributed by atoms with Gasteiger partial charge in [0.25, 0.3) is 0 Å². The maximum absolute atomic E-state index is 9.98. The fraction of sp³-hybridized carbons (Fsp3) is 0.435. The predicted molar refractivity (Wildman–Crippen MR) is 123 cm³/mol. The third-order valence-electron chi connectivity index (χ3n) is 5.52. The van der Waals surface area contributed by atoms with Gasteiger partial charge in [0.15, 0.2) is 0 Å². The lowest BCUT2D eigenvalue weighted by Crippen LogP contribution is -2.26. The standard InChI is InChI=1S/C23H32ClN5O2/c1-2-29(26)14-20(25)7-5-18(16-30)17-6-8-21(24)19(12-17)13-28-10-11-31-23-4-3-9-27-22(23)15-28/h3-4,6,8-9,12,14,18,30H,2,5,7,10-11,13,15-16,25-26H2,1H3/b20-14-. The average Bonchev–Trinajstić information content (AvgIpc) is 2.97. The molecule has 1 aliphatic heterocycles. The quantitative estimate of drug-likeness (QED) is 0.403. The number of nitrogens with two attached hydrogens (primary N) is 2. The molecule has 1 aliphatic rings. The third-order valence-corrected chi connectivity index (χ3v) is 5.89. The molecule has 1 unspecified atom stereocenters. The Labute approximate surface area is 189 Å². The van der Waals surface area contributed by atoms with E-state index in [1.165, 1.54) is 0 Å². The molecule has 0 aliphatic carbocycles. The molecule has 2 aromatic rings. The highest BCUT2D eigenvalue weighted by atomic mass is 35.5. The summed E-state index contributed by atoms with van der Waals surface area (Å²) in [5, 5.41) is 12.3. The van der Waals surface area contributed by atoms with Gasteiger partial charge in [0.05, 0.1) is 5.69 Å². The number of fused-ring (bicyclic) bond motifs is 1. The van der Waals surface area contributed by atoms with Crippen LogP contribution in [0.1, 0.15) is 42.5 Å². The van der Waals surface area contributed by atoms with Crippen molar-refractivity contribution in [3.8, 4) is 5.75 Å². The van der Waals surface area contributed by atoms with Crippen molar-refractivity contribution in [2.75, 3.05) is 26.3 Å². The van der Waals surface area contributed by atoms with Gasteiger partial charge in [0.2, 0.25) is 0 Å². The summed E-state index contributed by atoms with van der Waals surface area (Å²) in [6.45, 7) is 5.47. The Morgan fingerprint density at radius 2 is 2.26 bits per heavy atom. The lowest BCUT2D eigenvalue weighted by molar-refractivity contribution is 0.219. The second kappa shape index (κ2) is 11.3. The van der Waals surface area contributed by atoms with Crippen molar-refractivity contribution >= 4 is 11.6 Å². The van der Waals surface area contributed by atoms with Crippen LogP contribution >= 0.6 is 11.6 Å². The first kappa shape index (κ1) is 23.3. The molecule has 0 amide bonds. The number of aromatic nitrogens is 1. The predicted octanol–water partition coefficient (Wildman–Crippen LogP) is 2.98. The van der Waals surface area contributed by atoms with Gasteiger partial charge in [-0.1, -0.05) is 23.7 Å². The first-order valence-electron chi connectivity index (χ1n) is 10.7. The van der Waals surface area contributed by atoms with Gasteiger partial charge in [-0.05, 0) is 49.1 Å².